The summed E-state index contributed by atoms with van der Waals surface area (Å²) < 4.78 is 7.16. The molecule has 0 aliphatic carbocycles. The quantitative estimate of drug-likeness (QED) is 0.566. The number of fused-ring (bicyclic) bond motifs is 1. The normalized spacial score (nSPS) is 17.6. The van der Waals surface area contributed by atoms with Crippen LogP contribution in [0.1, 0.15) is 50.3 Å². The van der Waals surface area contributed by atoms with E-state index in [1.54, 1.807) is 11.6 Å². The van der Waals surface area contributed by atoms with Crippen LogP contribution in [0.25, 0.3) is 5.65 Å². The molecule has 0 spiro atoms. The second kappa shape index (κ2) is 8.24. The van der Waals surface area contributed by atoms with Gasteiger partial charge >= 0.3 is 0 Å². The number of benzene rings is 1. The molecule has 3 heterocycles. The van der Waals surface area contributed by atoms with Crippen molar-refractivity contribution in [3.8, 4) is 5.75 Å². The fourth-order valence-corrected chi connectivity index (χ4v) is 3.61. The summed E-state index contributed by atoms with van der Waals surface area (Å²) in [4.78, 5) is 9.53. The minimum Gasteiger partial charge on any atom is -0.497 e. The molecule has 8 heteroatoms. The highest BCUT2D eigenvalue weighted by Crippen LogP contribution is 2.26. The molecule has 29 heavy (non-hydrogen) atoms. The largest absolute Gasteiger partial charge is 0.497 e. The van der Waals surface area contributed by atoms with Crippen molar-refractivity contribution in [3.63, 3.8) is 0 Å². The molecule has 4 rings (SSSR count). The minimum atomic E-state index is 0.0240. The summed E-state index contributed by atoms with van der Waals surface area (Å²) in [6.45, 7) is 8.34. The summed E-state index contributed by atoms with van der Waals surface area (Å²) in [6, 6.07) is 8.40. The van der Waals surface area contributed by atoms with Gasteiger partial charge in [0, 0.05) is 18.2 Å². The van der Waals surface area contributed by atoms with E-state index in [-0.39, 0.29) is 6.04 Å². The molecule has 1 aliphatic heterocycles. The molecular formula is C21H29N7O. The number of ether oxygens (including phenoxy) is 1. The standard InChI is InChI=1S/C21H29N7O/c1-13(2)18-12-23-28-19(18)26-20(25-16-8-9-22-11-16)27-21(28)24-14(3)15-6-5-7-17(10-15)29-4/h5-7,10,12-14,16,22H,8-9,11H2,1-4H3,(H2,24,25,26,27)/t14-,16?/m0/s1. The zero-order valence-corrected chi connectivity index (χ0v) is 17.4. The fraction of sp³-hybridized carbons (Fsp3) is 0.476. The third-order valence-electron chi connectivity index (χ3n) is 5.35. The average Bonchev–Trinajstić information content (AvgIpc) is 3.38. The van der Waals surface area contributed by atoms with Crippen molar-refractivity contribution >= 4 is 17.5 Å². The average molecular weight is 396 g/mol. The zero-order chi connectivity index (χ0) is 20.4. The van der Waals surface area contributed by atoms with Gasteiger partial charge in [-0.3, -0.25) is 0 Å². The van der Waals surface area contributed by atoms with E-state index in [9.17, 15) is 0 Å². The molecule has 2 aromatic heterocycles. The molecule has 0 radical (unpaired) electrons. The molecular weight excluding hydrogens is 366 g/mol. The molecule has 3 aromatic rings. The molecule has 2 atom stereocenters. The minimum absolute atomic E-state index is 0.0240. The van der Waals surface area contributed by atoms with Crippen molar-refractivity contribution in [1.29, 1.82) is 0 Å². The van der Waals surface area contributed by atoms with Crippen LogP contribution in [0.4, 0.5) is 11.9 Å². The van der Waals surface area contributed by atoms with E-state index in [0.29, 0.717) is 23.9 Å². The van der Waals surface area contributed by atoms with Crippen molar-refractivity contribution in [2.24, 2.45) is 0 Å². The van der Waals surface area contributed by atoms with E-state index >= 15 is 0 Å². The van der Waals surface area contributed by atoms with Gasteiger partial charge in [-0.15, -0.1) is 0 Å². The van der Waals surface area contributed by atoms with Gasteiger partial charge in [0.15, 0.2) is 5.65 Å². The molecule has 3 N–H and O–H groups in total. The predicted octanol–water partition coefficient (Wildman–Crippen LogP) is 3.20. The van der Waals surface area contributed by atoms with Crippen LogP contribution in [0, 0.1) is 0 Å². The van der Waals surface area contributed by atoms with Crippen molar-refractivity contribution in [1.82, 2.24) is 24.9 Å². The van der Waals surface area contributed by atoms with E-state index in [0.717, 1.165) is 42.0 Å². The first-order valence-electron chi connectivity index (χ1n) is 10.2. The van der Waals surface area contributed by atoms with Gasteiger partial charge < -0.3 is 20.7 Å². The molecule has 0 bridgehead atoms. The monoisotopic (exact) mass is 395 g/mol. The van der Waals surface area contributed by atoms with Gasteiger partial charge in [-0.1, -0.05) is 26.0 Å². The first-order chi connectivity index (χ1) is 14.0. The highest BCUT2D eigenvalue weighted by Gasteiger charge is 2.20. The first kappa shape index (κ1) is 19.4. The Morgan fingerprint density at radius 1 is 1.24 bits per heavy atom. The highest BCUT2D eigenvalue weighted by molar-refractivity contribution is 5.56. The van der Waals surface area contributed by atoms with Gasteiger partial charge in [0.2, 0.25) is 11.9 Å². The van der Waals surface area contributed by atoms with Crippen molar-refractivity contribution in [2.45, 2.75) is 45.2 Å². The van der Waals surface area contributed by atoms with Crippen LogP contribution in [-0.2, 0) is 0 Å². The van der Waals surface area contributed by atoms with Crippen LogP contribution in [-0.4, -0.2) is 45.8 Å². The molecule has 1 aliphatic rings. The van der Waals surface area contributed by atoms with Crippen molar-refractivity contribution < 1.29 is 4.74 Å². The van der Waals surface area contributed by atoms with Gasteiger partial charge in [-0.2, -0.15) is 19.6 Å². The Kier molecular flexibility index (Phi) is 5.53. The molecule has 154 valence electrons. The van der Waals surface area contributed by atoms with Crippen LogP contribution >= 0.6 is 0 Å². The van der Waals surface area contributed by atoms with E-state index in [1.165, 1.54) is 0 Å². The Labute approximate surface area is 171 Å². The topological polar surface area (TPSA) is 88.4 Å². The lowest BCUT2D eigenvalue weighted by molar-refractivity contribution is 0.414. The SMILES string of the molecule is COc1cccc([C@H](C)Nc2nc(NC3CCNC3)nc3c(C(C)C)cnn23)c1. The smallest absolute Gasteiger partial charge is 0.229 e. The Balaban J connectivity index is 1.69. The highest BCUT2D eigenvalue weighted by atomic mass is 16.5. The van der Waals surface area contributed by atoms with Gasteiger partial charge in [0.05, 0.1) is 19.3 Å². The Bertz CT molecular complexity index is 978. The number of nitrogens with zero attached hydrogens (tertiary/aromatic N) is 4. The maximum Gasteiger partial charge on any atom is 0.229 e. The summed E-state index contributed by atoms with van der Waals surface area (Å²) in [6.07, 6.45) is 2.95. The van der Waals surface area contributed by atoms with E-state index in [1.807, 2.05) is 24.4 Å². The maximum atomic E-state index is 5.36. The number of anilines is 2. The summed E-state index contributed by atoms with van der Waals surface area (Å²) in [7, 11) is 1.68. The molecule has 0 amide bonds. The van der Waals surface area contributed by atoms with Crippen LogP contribution in [0.3, 0.4) is 0 Å². The van der Waals surface area contributed by atoms with Crippen LogP contribution in [0.5, 0.6) is 5.75 Å². The van der Waals surface area contributed by atoms with Gasteiger partial charge in [0.25, 0.3) is 0 Å². The predicted molar refractivity (Wildman–Crippen MR) is 115 cm³/mol. The summed E-state index contributed by atoms with van der Waals surface area (Å²) in [5, 5.41) is 14.9. The maximum absolute atomic E-state index is 5.36. The fourth-order valence-electron chi connectivity index (χ4n) is 3.61. The van der Waals surface area contributed by atoms with Gasteiger partial charge in [-0.25, -0.2) is 0 Å². The Morgan fingerprint density at radius 3 is 2.83 bits per heavy atom. The van der Waals surface area contributed by atoms with Crippen LogP contribution in [0.2, 0.25) is 0 Å². The number of hydrogen-bond donors (Lipinski definition) is 3. The first-order valence-corrected chi connectivity index (χ1v) is 10.2. The molecule has 8 nitrogen and oxygen atoms in total. The van der Waals surface area contributed by atoms with Crippen LogP contribution in [0.15, 0.2) is 30.5 Å². The summed E-state index contributed by atoms with van der Waals surface area (Å²) >= 11 is 0. The Hall–Kier alpha value is -2.87. The van der Waals surface area contributed by atoms with E-state index < -0.39 is 0 Å². The van der Waals surface area contributed by atoms with E-state index in [4.69, 9.17) is 14.7 Å². The van der Waals surface area contributed by atoms with Gasteiger partial charge in [0.1, 0.15) is 5.75 Å². The molecule has 1 aromatic carbocycles. The summed E-state index contributed by atoms with van der Waals surface area (Å²) in [5.74, 6) is 2.47. The lowest BCUT2D eigenvalue weighted by atomic mass is 10.1. The van der Waals surface area contributed by atoms with Crippen molar-refractivity contribution in [3.05, 3.63) is 41.6 Å². The zero-order valence-electron chi connectivity index (χ0n) is 17.4. The second-order valence-electron chi connectivity index (χ2n) is 7.84. The lowest BCUT2D eigenvalue weighted by Crippen LogP contribution is -2.24. The summed E-state index contributed by atoms with van der Waals surface area (Å²) in [5.41, 5.74) is 3.06. The van der Waals surface area contributed by atoms with E-state index in [2.05, 4.69) is 47.9 Å². The number of hydrogen-bond acceptors (Lipinski definition) is 7. The molecule has 1 unspecified atom stereocenters. The third kappa shape index (κ3) is 4.12. The molecule has 0 saturated carbocycles. The third-order valence-corrected chi connectivity index (χ3v) is 5.35. The number of aromatic nitrogens is 4. The molecule has 1 fully saturated rings. The number of methoxy groups -OCH3 is 1. The second-order valence-corrected chi connectivity index (χ2v) is 7.84. The van der Waals surface area contributed by atoms with Crippen LogP contribution < -0.4 is 20.7 Å². The Morgan fingerprint density at radius 2 is 2.10 bits per heavy atom. The van der Waals surface area contributed by atoms with Gasteiger partial charge in [-0.05, 0) is 43.5 Å². The lowest BCUT2D eigenvalue weighted by Gasteiger charge is -2.18. The number of rotatable bonds is 7. The molecule has 1 saturated heterocycles. The number of nitrogens with one attached hydrogen (secondary N) is 3. The van der Waals surface area contributed by atoms with Crippen molar-refractivity contribution in [2.75, 3.05) is 30.8 Å².